The number of hydrogen-bond donors (Lipinski definition) is 2. The zero-order valence-electron chi connectivity index (χ0n) is 14.6. The molecule has 144 valence electrons. The summed E-state index contributed by atoms with van der Waals surface area (Å²) in [6.45, 7) is 0.372. The first-order chi connectivity index (χ1) is 13.0. The third kappa shape index (κ3) is 4.57. The van der Waals surface area contributed by atoms with Crippen LogP contribution in [-0.4, -0.2) is 60.4 Å². The fraction of sp³-hybridized carbons (Fsp3) is 0.444. The molecule has 8 nitrogen and oxygen atoms in total. The molecule has 2 atom stereocenters. The van der Waals surface area contributed by atoms with Crippen LogP contribution in [0.5, 0.6) is 0 Å². The van der Waals surface area contributed by atoms with Crippen LogP contribution in [0.3, 0.4) is 0 Å². The van der Waals surface area contributed by atoms with Gasteiger partial charge < -0.3 is 20.3 Å². The molecule has 27 heavy (non-hydrogen) atoms. The first-order valence-electron chi connectivity index (χ1n) is 8.74. The van der Waals surface area contributed by atoms with Crippen LogP contribution in [0.4, 0.5) is 0 Å². The van der Waals surface area contributed by atoms with E-state index >= 15 is 0 Å². The van der Waals surface area contributed by atoms with Crippen LogP contribution in [-0.2, 0) is 19.1 Å². The van der Waals surface area contributed by atoms with Crippen LogP contribution in [0.25, 0.3) is 0 Å². The molecule has 0 saturated carbocycles. The summed E-state index contributed by atoms with van der Waals surface area (Å²) in [6.07, 6.45) is 1.38. The fourth-order valence-corrected chi connectivity index (χ4v) is 3.46. The maximum absolute atomic E-state index is 12.5. The van der Waals surface area contributed by atoms with E-state index in [1.165, 1.54) is 4.90 Å². The predicted molar refractivity (Wildman–Crippen MR) is 96.0 cm³/mol. The minimum absolute atomic E-state index is 0.139. The first-order valence-corrected chi connectivity index (χ1v) is 9.11. The highest BCUT2D eigenvalue weighted by Crippen LogP contribution is 2.19. The zero-order chi connectivity index (χ0) is 19.4. The molecule has 3 rings (SSSR count). The van der Waals surface area contributed by atoms with Crippen LogP contribution in [0.1, 0.15) is 29.6 Å². The number of nitrogens with one attached hydrogen (secondary N) is 2. The highest BCUT2D eigenvalue weighted by molar-refractivity contribution is 6.33. The Kier molecular flexibility index (Phi) is 5.95. The van der Waals surface area contributed by atoms with E-state index in [0.717, 1.165) is 0 Å². The summed E-state index contributed by atoms with van der Waals surface area (Å²) in [7, 11) is 0. The molecule has 2 aliphatic heterocycles. The summed E-state index contributed by atoms with van der Waals surface area (Å²) in [4.78, 5) is 49.7. The number of esters is 1. The number of likely N-dealkylation sites (tertiary alicyclic amines) is 1. The van der Waals surface area contributed by atoms with Crippen molar-refractivity contribution in [2.45, 2.75) is 31.3 Å². The van der Waals surface area contributed by atoms with Crippen molar-refractivity contribution in [3.63, 3.8) is 0 Å². The van der Waals surface area contributed by atoms with Crippen molar-refractivity contribution in [2.24, 2.45) is 0 Å². The maximum atomic E-state index is 12.5. The highest BCUT2D eigenvalue weighted by atomic mass is 35.5. The summed E-state index contributed by atoms with van der Waals surface area (Å²) >= 11 is 5.97. The third-order valence-electron chi connectivity index (χ3n) is 4.60. The van der Waals surface area contributed by atoms with E-state index in [9.17, 15) is 19.2 Å². The number of benzene rings is 1. The highest BCUT2D eigenvalue weighted by Gasteiger charge is 2.36. The van der Waals surface area contributed by atoms with Gasteiger partial charge in [0.25, 0.3) is 5.91 Å². The van der Waals surface area contributed by atoms with Crippen LogP contribution in [0.15, 0.2) is 24.3 Å². The van der Waals surface area contributed by atoms with Gasteiger partial charge in [0.2, 0.25) is 11.8 Å². The standard InChI is InChI=1S/C18H20ClN3O5/c19-13-5-2-1-4-12(13)17(25)20-9-15(23)22-7-3-6-14(22)18(26)21-11-8-16(24)27-10-11/h1-2,4-5,11,14H,3,6-10H2,(H,20,25)(H,21,26)/t11-,14-/m0/s1. The van der Waals surface area contributed by atoms with Crippen LogP contribution in [0.2, 0.25) is 5.02 Å². The second-order valence-electron chi connectivity index (χ2n) is 6.50. The van der Waals surface area contributed by atoms with Crippen molar-refractivity contribution in [2.75, 3.05) is 19.7 Å². The first kappa shape index (κ1) is 19.2. The van der Waals surface area contributed by atoms with Gasteiger partial charge in [0.05, 0.1) is 29.6 Å². The Labute approximate surface area is 161 Å². The maximum Gasteiger partial charge on any atom is 0.308 e. The lowest BCUT2D eigenvalue weighted by Crippen LogP contribution is -2.51. The van der Waals surface area contributed by atoms with E-state index < -0.39 is 11.9 Å². The predicted octanol–water partition coefficient (Wildman–Crippen LogP) is 0.493. The molecule has 1 aromatic carbocycles. The Morgan fingerprint density at radius 3 is 2.74 bits per heavy atom. The van der Waals surface area contributed by atoms with Crippen molar-refractivity contribution in [1.82, 2.24) is 15.5 Å². The van der Waals surface area contributed by atoms with E-state index in [1.54, 1.807) is 24.3 Å². The number of carbonyl (C=O) groups excluding carboxylic acids is 4. The Bertz CT molecular complexity index is 769. The van der Waals surface area contributed by atoms with Crippen molar-refractivity contribution in [1.29, 1.82) is 0 Å². The fourth-order valence-electron chi connectivity index (χ4n) is 3.24. The minimum Gasteiger partial charge on any atom is -0.463 e. The lowest BCUT2D eigenvalue weighted by atomic mass is 10.1. The molecule has 0 spiro atoms. The van der Waals surface area contributed by atoms with Crippen molar-refractivity contribution in [3.05, 3.63) is 34.9 Å². The molecule has 0 unspecified atom stereocenters. The lowest BCUT2D eigenvalue weighted by Gasteiger charge is -2.25. The second kappa shape index (κ2) is 8.39. The van der Waals surface area contributed by atoms with Gasteiger partial charge in [-0.15, -0.1) is 0 Å². The quantitative estimate of drug-likeness (QED) is 0.708. The summed E-state index contributed by atoms with van der Waals surface area (Å²) in [6, 6.07) is 5.59. The number of cyclic esters (lactones) is 1. The number of hydrogen-bond acceptors (Lipinski definition) is 5. The largest absolute Gasteiger partial charge is 0.463 e. The second-order valence-corrected chi connectivity index (χ2v) is 6.91. The van der Waals surface area contributed by atoms with Gasteiger partial charge in [0.15, 0.2) is 0 Å². The lowest BCUT2D eigenvalue weighted by molar-refractivity contribution is -0.138. The number of nitrogens with zero attached hydrogens (tertiary/aromatic N) is 1. The van der Waals surface area contributed by atoms with Crippen molar-refractivity contribution >= 4 is 35.3 Å². The van der Waals surface area contributed by atoms with E-state index in [2.05, 4.69) is 10.6 Å². The molecular formula is C18H20ClN3O5. The van der Waals surface area contributed by atoms with Gasteiger partial charge in [0.1, 0.15) is 12.6 Å². The molecule has 0 aliphatic carbocycles. The monoisotopic (exact) mass is 393 g/mol. The Balaban J connectivity index is 1.54. The molecule has 2 fully saturated rings. The zero-order valence-corrected chi connectivity index (χ0v) is 15.3. The molecule has 2 aliphatic rings. The molecule has 2 saturated heterocycles. The molecule has 3 amide bonds. The molecule has 2 heterocycles. The van der Waals surface area contributed by atoms with Gasteiger partial charge in [0, 0.05) is 6.54 Å². The van der Waals surface area contributed by atoms with Gasteiger partial charge in [-0.2, -0.15) is 0 Å². The molecule has 0 bridgehead atoms. The average molecular weight is 394 g/mol. The Morgan fingerprint density at radius 1 is 1.26 bits per heavy atom. The SMILES string of the molecule is O=C1C[C@H](NC(=O)[C@@H]2CCCN2C(=O)CNC(=O)c2ccccc2Cl)CO1. The van der Waals surface area contributed by atoms with Gasteiger partial charge in [-0.25, -0.2) is 0 Å². The van der Waals surface area contributed by atoms with E-state index in [4.69, 9.17) is 16.3 Å². The normalized spacial score (nSPS) is 21.7. The van der Waals surface area contributed by atoms with Gasteiger partial charge in [-0.3, -0.25) is 19.2 Å². The Hall–Kier alpha value is -2.61. The summed E-state index contributed by atoms with van der Waals surface area (Å²) in [5.41, 5.74) is 0.286. The van der Waals surface area contributed by atoms with Gasteiger partial charge in [-0.1, -0.05) is 23.7 Å². The summed E-state index contributed by atoms with van der Waals surface area (Å²) in [5.74, 6) is -1.44. The number of rotatable bonds is 5. The van der Waals surface area contributed by atoms with Crippen LogP contribution in [0, 0.1) is 0 Å². The molecule has 9 heteroatoms. The molecular weight excluding hydrogens is 374 g/mol. The van der Waals surface area contributed by atoms with Crippen molar-refractivity contribution < 1.29 is 23.9 Å². The van der Waals surface area contributed by atoms with Crippen LogP contribution >= 0.6 is 11.6 Å². The smallest absolute Gasteiger partial charge is 0.308 e. The van der Waals surface area contributed by atoms with E-state index in [1.807, 2.05) is 0 Å². The van der Waals surface area contributed by atoms with Gasteiger partial charge >= 0.3 is 5.97 Å². The number of carbonyl (C=O) groups is 4. The van der Waals surface area contributed by atoms with Crippen molar-refractivity contribution in [3.8, 4) is 0 Å². The number of ether oxygens (including phenoxy) is 1. The Morgan fingerprint density at radius 2 is 2.04 bits per heavy atom. The minimum atomic E-state index is -0.606. The number of halogens is 1. The average Bonchev–Trinajstić information content (AvgIpc) is 3.29. The summed E-state index contributed by atoms with van der Waals surface area (Å²) in [5, 5.41) is 5.59. The van der Waals surface area contributed by atoms with E-state index in [-0.39, 0.29) is 49.0 Å². The molecule has 2 N–H and O–H groups in total. The molecule has 0 aromatic heterocycles. The molecule has 1 aromatic rings. The topological polar surface area (TPSA) is 105 Å². The molecule has 0 radical (unpaired) electrons. The van der Waals surface area contributed by atoms with E-state index in [0.29, 0.717) is 24.4 Å². The summed E-state index contributed by atoms with van der Waals surface area (Å²) < 4.78 is 4.83. The van der Waals surface area contributed by atoms with Gasteiger partial charge in [-0.05, 0) is 25.0 Å². The van der Waals surface area contributed by atoms with Crippen LogP contribution < -0.4 is 10.6 Å². The third-order valence-corrected chi connectivity index (χ3v) is 4.93. The number of amides is 3.